The number of nitrogens with zero attached hydrogens (tertiary/aromatic N) is 3. The molecule has 0 unspecified atom stereocenters. The molecule has 0 radical (unpaired) electrons. The van der Waals surface area contributed by atoms with Crippen LogP contribution in [-0.4, -0.2) is 18.0 Å². The Hall–Kier alpha value is -10.2. The number of benzene rings is 12. The Kier molecular flexibility index (Phi) is 10.4. The van der Waals surface area contributed by atoms with Gasteiger partial charge < -0.3 is 23.8 Å². The number of aromatic nitrogens is 1. The Bertz CT molecular complexity index is 4890. The number of hydrogen-bond donors (Lipinski definition) is 0. The van der Waals surface area contributed by atoms with Gasteiger partial charge in [0, 0.05) is 56.4 Å². The molecule has 4 aliphatic heterocycles. The van der Waals surface area contributed by atoms with Crippen LogP contribution in [0.1, 0.15) is 33.3 Å². The predicted molar refractivity (Wildman–Crippen MR) is 352 cm³/mol. The summed E-state index contributed by atoms with van der Waals surface area (Å²) in [7, 11) is 0. The highest BCUT2D eigenvalue weighted by molar-refractivity contribution is 7.02. The number of fused-ring (bicyclic) bond motifs is 11. The van der Waals surface area contributed by atoms with Crippen LogP contribution in [0.5, 0.6) is 23.0 Å². The van der Waals surface area contributed by atoms with Gasteiger partial charge >= 0.3 is 0 Å². The van der Waals surface area contributed by atoms with Crippen LogP contribution in [0.3, 0.4) is 0 Å². The van der Waals surface area contributed by atoms with Crippen molar-refractivity contribution in [2.45, 2.75) is 33.1 Å². The topological polar surface area (TPSA) is 29.9 Å². The minimum absolute atomic E-state index is 0.263. The monoisotopic (exact) mass is 1080 g/mol. The van der Waals surface area contributed by atoms with Gasteiger partial charge in [0.15, 0.2) is 0 Å². The van der Waals surface area contributed by atoms with Crippen molar-refractivity contribution in [2.24, 2.45) is 0 Å². The largest absolute Gasteiger partial charge is 0.458 e. The summed E-state index contributed by atoms with van der Waals surface area (Å²) in [6.45, 7) is 8.33. The lowest BCUT2D eigenvalue weighted by atomic mass is 9.31. The summed E-state index contributed by atoms with van der Waals surface area (Å²) in [5, 5.41) is 2.42. The Morgan fingerprint density at radius 1 is 0.381 bits per heavy atom. The highest BCUT2D eigenvalue weighted by Gasteiger charge is 2.48. The molecule has 7 heteroatoms. The Morgan fingerprint density at radius 2 is 0.952 bits per heavy atom. The molecule has 0 amide bonds. The summed E-state index contributed by atoms with van der Waals surface area (Å²) in [5.74, 6) is 3.05. The fourth-order valence-corrected chi connectivity index (χ4v) is 14.2. The van der Waals surface area contributed by atoms with Crippen LogP contribution < -0.4 is 52.1 Å². The molecule has 0 spiro atoms. The van der Waals surface area contributed by atoms with E-state index < -0.39 is 6.71 Å². The molecule has 5 heterocycles. The summed E-state index contributed by atoms with van der Waals surface area (Å²) >= 11 is 0. The molecule has 0 saturated heterocycles. The molecule has 0 N–H and O–H groups in total. The normalized spacial score (nSPS) is 13.5. The summed E-state index contributed by atoms with van der Waals surface area (Å²) in [5.41, 5.74) is 24.0. The summed E-state index contributed by atoms with van der Waals surface area (Å²) < 4.78 is 28.7. The second-order valence-electron chi connectivity index (χ2n) is 23.9. The Morgan fingerprint density at radius 3 is 1.68 bits per heavy atom. The maximum Gasteiger partial charge on any atom is 0.256 e. The van der Waals surface area contributed by atoms with E-state index in [0.29, 0.717) is 11.8 Å². The summed E-state index contributed by atoms with van der Waals surface area (Å²) in [6, 6.07) is 92.5. The quantitative estimate of drug-likeness (QED) is 0.155. The Labute approximate surface area is 491 Å². The molecular weight excluding hydrogens is 1020 g/mol. The van der Waals surface area contributed by atoms with Crippen molar-refractivity contribution in [1.29, 1.82) is 0 Å². The van der Waals surface area contributed by atoms with Crippen LogP contribution >= 0.6 is 0 Å². The second-order valence-corrected chi connectivity index (χ2v) is 23.9. The number of anilines is 6. The first-order valence-electron chi connectivity index (χ1n) is 29.7. The van der Waals surface area contributed by atoms with Crippen molar-refractivity contribution in [3.63, 3.8) is 0 Å². The van der Waals surface area contributed by atoms with Crippen molar-refractivity contribution in [3.8, 4) is 62.1 Å². The van der Waals surface area contributed by atoms with Crippen LogP contribution in [0, 0.1) is 6.92 Å². The van der Waals surface area contributed by atoms with Gasteiger partial charge in [-0.15, -0.1) is 0 Å². The maximum atomic E-state index is 11.4. The van der Waals surface area contributed by atoms with E-state index in [1.165, 1.54) is 10.8 Å². The molecule has 0 atom stereocenters. The fraction of sp³-hybridized carbons (Fsp3) is 0.0649. The molecule has 1 aromatic heterocycles. The zero-order valence-corrected chi connectivity index (χ0v) is 47.1. The molecule has 12 aromatic carbocycles. The van der Waals surface area contributed by atoms with Crippen molar-refractivity contribution in [1.82, 2.24) is 4.57 Å². The van der Waals surface area contributed by atoms with E-state index in [-0.39, 0.29) is 12.1 Å². The van der Waals surface area contributed by atoms with E-state index in [1.54, 1.807) is 0 Å². The first-order valence-corrected chi connectivity index (χ1v) is 29.2. The van der Waals surface area contributed by atoms with Crippen LogP contribution in [0.25, 0.3) is 60.9 Å². The highest BCUT2D eigenvalue weighted by atomic mass is 16.5. The lowest BCUT2D eigenvalue weighted by Gasteiger charge is -2.44. The highest BCUT2D eigenvalue weighted by Crippen LogP contribution is 2.51. The van der Waals surface area contributed by atoms with Gasteiger partial charge in [0.25, 0.3) is 13.4 Å². The molecule has 13 aromatic rings. The van der Waals surface area contributed by atoms with Crippen LogP contribution in [0.2, 0.25) is 0 Å². The molecule has 396 valence electrons. The van der Waals surface area contributed by atoms with Gasteiger partial charge in [0.05, 0.1) is 23.8 Å². The molecule has 4 aliphatic rings. The number of rotatable bonds is 6. The van der Waals surface area contributed by atoms with Crippen LogP contribution in [0.15, 0.2) is 261 Å². The molecule has 0 bridgehead atoms. The minimum Gasteiger partial charge on any atom is -0.458 e. The van der Waals surface area contributed by atoms with Crippen LogP contribution in [-0.2, 0) is 5.41 Å². The average Bonchev–Trinajstić information content (AvgIpc) is 1.25. The first-order chi connectivity index (χ1) is 41.7. The smallest absolute Gasteiger partial charge is 0.256 e. The number of para-hydroxylation sites is 5. The molecular formula is C77H55B2N3O2. The van der Waals surface area contributed by atoms with E-state index in [0.717, 1.165) is 145 Å². The maximum absolute atomic E-state index is 11.4. The molecule has 0 saturated carbocycles. The lowest BCUT2D eigenvalue weighted by Crippen LogP contribution is -2.63. The van der Waals surface area contributed by atoms with Gasteiger partial charge in [0.1, 0.15) is 23.0 Å². The average molecular weight is 1080 g/mol. The van der Waals surface area contributed by atoms with Gasteiger partial charge in [-0.2, -0.15) is 0 Å². The van der Waals surface area contributed by atoms with E-state index >= 15 is 0 Å². The zero-order chi connectivity index (χ0) is 56.8. The number of aryl methyl sites for hydroxylation is 1. The molecule has 0 fully saturated rings. The molecule has 84 heavy (non-hydrogen) atoms. The van der Waals surface area contributed by atoms with Gasteiger partial charge in [-0.05, 0) is 139 Å². The summed E-state index contributed by atoms with van der Waals surface area (Å²) in [4.78, 5) is 4.94. The predicted octanol–water partition coefficient (Wildman–Crippen LogP) is 16.2. The van der Waals surface area contributed by atoms with Gasteiger partial charge in [-0.1, -0.05) is 215 Å². The third-order valence-electron chi connectivity index (χ3n) is 18.0. The van der Waals surface area contributed by atoms with Crippen molar-refractivity contribution < 1.29 is 10.8 Å². The van der Waals surface area contributed by atoms with E-state index in [1.807, 2.05) is 0 Å². The SMILES string of the molecule is [2H]c1c2c(cc3c1B1c4ccccc4Oc4cc(-c5ccccc5)cc(c41)N3c1c(C)cccc1-c1ccccc1)Oc1cc(C(C)(C)C)cc3c1B2c1ccc(-n2c4ccccc4c4ccccc42)cc1N3c1ccccc1-c1ccccc1. The fourth-order valence-electron chi connectivity index (χ4n) is 14.2. The van der Waals surface area contributed by atoms with Crippen LogP contribution in [0.4, 0.5) is 34.1 Å². The van der Waals surface area contributed by atoms with Crippen molar-refractivity contribution >= 4 is 102 Å². The molecule has 0 aliphatic carbocycles. The summed E-state index contributed by atoms with van der Waals surface area (Å²) in [6.07, 6.45) is 0. The number of hydrogen-bond acceptors (Lipinski definition) is 4. The third kappa shape index (κ3) is 7.24. The Balaban J connectivity index is 0.987. The molecule has 17 rings (SSSR count). The lowest BCUT2D eigenvalue weighted by molar-refractivity contribution is 0.483. The minimum atomic E-state index is -0.397. The third-order valence-corrected chi connectivity index (χ3v) is 18.0. The van der Waals surface area contributed by atoms with Crippen molar-refractivity contribution in [3.05, 3.63) is 272 Å². The van der Waals surface area contributed by atoms with Gasteiger partial charge in [-0.3, -0.25) is 0 Å². The standard InChI is InChI=1S/C77H55B2N3O2/c1-48-23-22-33-56(51-28-12-7-13-29-51)76(48)82-67-47-71-62(46-61(67)79-60-34-17-21-38-70(60)83-72-42-52(41-68(82)74(72)79)49-24-8-5-9-25-49)78-59-40-39-54(80-64-36-19-15-31-57(64)58-32-16-20-37-65(58)80)45-66(59)81(63-35-18-14-30-55(63)50-26-10-6-11-27-50)69-43-53(77(2,3)4)44-73(84-71)75(69)78/h5-47H,1-4H3/i46D. The van der Waals surface area contributed by atoms with Gasteiger partial charge in [0.2, 0.25) is 0 Å². The van der Waals surface area contributed by atoms with E-state index in [9.17, 15) is 1.37 Å². The molecule has 5 nitrogen and oxygen atoms in total. The van der Waals surface area contributed by atoms with E-state index in [4.69, 9.17) is 9.47 Å². The zero-order valence-electron chi connectivity index (χ0n) is 48.1. The number of ether oxygens (including phenoxy) is 2. The second kappa shape index (κ2) is 18.4. The van der Waals surface area contributed by atoms with Crippen molar-refractivity contribution in [2.75, 3.05) is 9.80 Å². The van der Waals surface area contributed by atoms with E-state index in [2.05, 4.69) is 297 Å². The van der Waals surface area contributed by atoms with Gasteiger partial charge in [-0.25, -0.2) is 0 Å². The first kappa shape index (κ1) is 47.4.